The van der Waals surface area contributed by atoms with E-state index in [0.717, 1.165) is 0 Å². The maximum Gasteiger partial charge on any atom is 0.280 e. The van der Waals surface area contributed by atoms with Crippen LogP contribution < -0.4 is 0 Å². The third-order valence-electron chi connectivity index (χ3n) is 2.44. The fraction of sp³-hybridized carbons (Fsp3) is 0.0833. The van der Waals surface area contributed by atoms with E-state index in [1.165, 1.54) is 12.1 Å². The minimum Gasteiger partial charge on any atom is -0.357 e. The van der Waals surface area contributed by atoms with E-state index in [1.54, 1.807) is 42.2 Å². The molecule has 17 heavy (non-hydrogen) atoms. The summed E-state index contributed by atoms with van der Waals surface area (Å²) in [5, 5.41) is 10.8. The number of rotatable bonds is 3. The van der Waals surface area contributed by atoms with Gasteiger partial charge in [0, 0.05) is 31.1 Å². The van der Waals surface area contributed by atoms with Crippen molar-refractivity contribution in [1.82, 2.24) is 4.57 Å². The van der Waals surface area contributed by atoms with Gasteiger partial charge in [-0.05, 0) is 12.1 Å². The first-order valence-corrected chi connectivity index (χ1v) is 4.99. The van der Waals surface area contributed by atoms with Gasteiger partial charge in [0.15, 0.2) is 0 Å². The van der Waals surface area contributed by atoms with Gasteiger partial charge in [-0.2, -0.15) is 0 Å². The van der Waals surface area contributed by atoms with Gasteiger partial charge in [0.05, 0.1) is 4.92 Å². The molecule has 0 spiro atoms. The number of nitro benzene ring substituents is 1. The van der Waals surface area contributed by atoms with Gasteiger partial charge in [-0.3, -0.25) is 14.9 Å². The Balaban J connectivity index is 2.47. The van der Waals surface area contributed by atoms with E-state index >= 15 is 0 Å². The lowest BCUT2D eigenvalue weighted by Crippen LogP contribution is -2.04. The molecule has 0 fully saturated rings. The molecule has 0 amide bonds. The summed E-state index contributed by atoms with van der Waals surface area (Å²) < 4.78 is 1.72. The number of hydrogen-bond donors (Lipinski definition) is 0. The smallest absolute Gasteiger partial charge is 0.280 e. The number of carbonyl (C=O) groups excluding carboxylic acids is 1. The van der Waals surface area contributed by atoms with Crippen LogP contribution in [0.3, 0.4) is 0 Å². The predicted molar refractivity (Wildman–Crippen MR) is 61.9 cm³/mol. The van der Waals surface area contributed by atoms with Gasteiger partial charge < -0.3 is 4.57 Å². The summed E-state index contributed by atoms with van der Waals surface area (Å²) in [5.74, 6) is -0.335. The largest absolute Gasteiger partial charge is 0.357 e. The molecule has 0 bridgehead atoms. The third kappa shape index (κ3) is 2.08. The van der Waals surface area contributed by atoms with E-state index < -0.39 is 4.92 Å². The van der Waals surface area contributed by atoms with Crippen molar-refractivity contribution in [3.63, 3.8) is 0 Å². The number of carbonyl (C=O) groups is 1. The lowest BCUT2D eigenvalue weighted by molar-refractivity contribution is -0.385. The summed E-state index contributed by atoms with van der Waals surface area (Å²) in [5.41, 5.74) is 0.395. The Morgan fingerprint density at radius 1 is 1.29 bits per heavy atom. The molecule has 0 aliphatic heterocycles. The van der Waals surface area contributed by atoms with Crippen molar-refractivity contribution in [1.29, 1.82) is 0 Å². The van der Waals surface area contributed by atoms with Gasteiger partial charge in [-0.1, -0.05) is 12.1 Å². The highest BCUT2D eigenvalue weighted by Crippen LogP contribution is 2.21. The second-order valence-electron chi connectivity index (χ2n) is 3.67. The number of nitrogens with zero attached hydrogens (tertiary/aromatic N) is 2. The van der Waals surface area contributed by atoms with Crippen LogP contribution in [0.2, 0.25) is 0 Å². The molecule has 0 unspecified atom stereocenters. The summed E-state index contributed by atoms with van der Waals surface area (Å²) in [7, 11) is 1.79. The lowest BCUT2D eigenvalue weighted by atomic mass is 10.0. The normalized spacial score (nSPS) is 10.2. The van der Waals surface area contributed by atoms with Gasteiger partial charge in [0.1, 0.15) is 5.56 Å². The maximum absolute atomic E-state index is 12.1. The van der Waals surface area contributed by atoms with Crippen molar-refractivity contribution in [2.24, 2.45) is 7.05 Å². The van der Waals surface area contributed by atoms with Crippen LogP contribution >= 0.6 is 0 Å². The number of benzene rings is 1. The third-order valence-corrected chi connectivity index (χ3v) is 2.44. The standard InChI is InChI=1S/C12H10N2O3/c1-13-7-6-9(8-13)12(15)10-4-2-3-5-11(10)14(16)17/h2-8H,1H3. The first kappa shape index (κ1) is 11.1. The van der Waals surface area contributed by atoms with Gasteiger partial charge in [-0.25, -0.2) is 0 Å². The molecule has 0 aliphatic rings. The monoisotopic (exact) mass is 230 g/mol. The first-order chi connectivity index (χ1) is 8.09. The number of aromatic nitrogens is 1. The van der Waals surface area contributed by atoms with Crippen molar-refractivity contribution in [3.8, 4) is 0 Å². The van der Waals surface area contributed by atoms with Gasteiger partial charge in [0.2, 0.25) is 5.78 Å². The molecule has 0 atom stereocenters. The van der Waals surface area contributed by atoms with Crippen molar-refractivity contribution < 1.29 is 9.72 Å². The second kappa shape index (κ2) is 4.21. The van der Waals surface area contributed by atoms with Gasteiger partial charge in [-0.15, -0.1) is 0 Å². The molecular formula is C12H10N2O3. The average Bonchev–Trinajstić information content (AvgIpc) is 2.75. The first-order valence-electron chi connectivity index (χ1n) is 4.99. The molecule has 0 aliphatic carbocycles. The van der Waals surface area contributed by atoms with Crippen molar-refractivity contribution >= 4 is 11.5 Å². The van der Waals surface area contributed by atoms with Crippen molar-refractivity contribution in [2.45, 2.75) is 0 Å². The molecule has 0 radical (unpaired) electrons. The summed E-state index contributed by atoms with van der Waals surface area (Å²) in [6, 6.07) is 7.59. The van der Waals surface area contributed by atoms with E-state index in [1.807, 2.05) is 0 Å². The van der Waals surface area contributed by atoms with Crippen LogP contribution in [-0.2, 0) is 7.05 Å². The highest BCUT2D eigenvalue weighted by Gasteiger charge is 2.20. The fourth-order valence-electron chi connectivity index (χ4n) is 1.62. The minimum absolute atomic E-state index is 0.115. The topological polar surface area (TPSA) is 65.1 Å². The maximum atomic E-state index is 12.1. The van der Waals surface area contributed by atoms with Crippen LogP contribution in [0.15, 0.2) is 42.7 Å². The van der Waals surface area contributed by atoms with Crippen LogP contribution in [0.25, 0.3) is 0 Å². The summed E-state index contributed by atoms with van der Waals surface area (Å²) in [4.78, 5) is 22.3. The quantitative estimate of drug-likeness (QED) is 0.461. The van der Waals surface area contributed by atoms with Gasteiger partial charge in [0.25, 0.3) is 5.69 Å². The Bertz CT molecular complexity index is 587. The lowest BCUT2D eigenvalue weighted by Gasteiger charge is -1.99. The molecule has 0 saturated heterocycles. The molecule has 1 aromatic carbocycles. The van der Waals surface area contributed by atoms with E-state index in [4.69, 9.17) is 0 Å². The second-order valence-corrected chi connectivity index (χ2v) is 3.67. The molecular weight excluding hydrogens is 220 g/mol. The summed E-state index contributed by atoms with van der Waals surface area (Å²) >= 11 is 0. The molecule has 0 N–H and O–H groups in total. The summed E-state index contributed by atoms with van der Waals surface area (Å²) in [6.45, 7) is 0. The SMILES string of the molecule is Cn1ccc(C(=O)c2ccccc2[N+](=O)[O-])c1. The van der Waals surface area contributed by atoms with Crippen LogP contribution in [0, 0.1) is 10.1 Å². The Morgan fingerprint density at radius 2 is 2.00 bits per heavy atom. The van der Waals surface area contributed by atoms with Crippen LogP contribution in [0.5, 0.6) is 0 Å². The van der Waals surface area contributed by atoms with Gasteiger partial charge >= 0.3 is 0 Å². The molecule has 2 rings (SSSR count). The Morgan fingerprint density at radius 3 is 2.59 bits per heavy atom. The van der Waals surface area contributed by atoms with E-state index in [9.17, 15) is 14.9 Å². The van der Waals surface area contributed by atoms with Crippen LogP contribution in [0.4, 0.5) is 5.69 Å². The van der Waals surface area contributed by atoms with Crippen LogP contribution in [-0.4, -0.2) is 15.3 Å². The van der Waals surface area contributed by atoms with Crippen LogP contribution in [0.1, 0.15) is 15.9 Å². The Labute approximate surface area is 97.5 Å². The molecule has 0 saturated carbocycles. The highest BCUT2D eigenvalue weighted by atomic mass is 16.6. The number of nitro groups is 1. The summed E-state index contributed by atoms with van der Waals surface area (Å²) in [6.07, 6.45) is 3.36. The molecule has 5 nitrogen and oxygen atoms in total. The average molecular weight is 230 g/mol. The molecule has 2 aromatic rings. The van der Waals surface area contributed by atoms with E-state index in [2.05, 4.69) is 0 Å². The number of hydrogen-bond acceptors (Lipinski definition) is 3. The molecule has 86 valence electrons. The zero-order valence-electron chi connectivity index (χ0n) is 9.16. The number of para-hydroxylation sites is 1. The zero-order chi connectivity index (χ0) is 12.4. The predicted octanol–water partition coefficient (Wildman–Crippen LogP) is 2.16. The molecule has 1 aromatic heterocycles. The number of aryl methyl sites for hydroxylation is 1. The molecule has 5 heteroatoms. The zero-order valence-corrected chi connectivity index (χ0v) is 9.16. The van der Waals surface area contributed by atoms with E-state index in [0.29, 0.717) is 5.56 Å². The minimum atomic E-state index is -0.545. The number of ketones is 1. The Hall–Kier alpha value is -2.43. The van der Waals surface area contributed by atoms with Crippen molar-refractivity contribution in [2.75, 3.05) is 0 Å². The van der Waals surface area contributed by atoms with E-state index in [-0.39, 0.29) is 17.0 Å². The Kier molecular flexibility index (Phi) is 2.74. The fourth-order valence-corrected chi connectivity index (χ4v) is 1.62. The molecule has 1 heterocycles. The van der Waals surface area contributed by atoms with Crippen molar-refractivity contribution in [3.05, 3.63) is 64.0 Å². The highest BCUT2D eigenvalue weighted by molar-refractivity contribution is 6.11.